The van der Waals surface area contributed by atoms with Gasteiger partial charge in [-0.2, -0.15) is 0 Å². The highest BCUT2D eigenvalue weighted by Crippen LogP contribution is 2.31. The van der Waals surface area contributed by atoms with Crippen LogP contribution in [0, 0.1) is 11.8 Å². The van der Waals surface area contributed by atoms with Gasteiger partial charge in [0.1, 0.15) is 5.75 Å². The Morgan fingerprint density at radius 1 is 1.17 bits per heavy atom. The van der Waals surface area contributed by atoms with Crippen LogP contribution in [-0.2, 0) is 0 Å². The average Bonchev–Trinajstić information content (AvgIpc) is 2.27. The van der Waals surface area contributed by atoms with Crippen molar-refractivity contribution >= 4 is 0 Å². The van der Waals surface area contributed by atoms with Gasteiger partial charge in [0.05, 0.1) is 6.10 Å². The summed E-state index contributed by atoms with van der Waals surface area (Å²) in [6.45, 7) is 6.65. The molecule has 0 heterocycles. The summed E-state index contributed by atoms with van der Waals surface area (Å²) < 4.78 is 6.13. The molecule has 0 bridgehead atoms. The Kier molecular flexibility index (Phi) is 4.28. The molecule has 2 nitrogen and oxygen atoms in total. The van der Waals surface area contributed by atoms with Gasteiger partial charge in [0, 0.05) is 6.04 Å². The lowest BCUT2D eigenvalue weighted by Gasteiger charge is -2.31. The van der Waals surface area contributed by atoms with Gasteiger partial charge >= 0.3 is 0 Å². The predicted molar refractivity (Wildman–Crippen MR) is 75.6 cm³/mol. The largest absolute Gasteiger partial charge is 0.490 e. The van der Waals surface area contributed by atoms with Gasteiger partial charge in [0.25, 0.3) is 0 Å². The van der Waals surface area contributed by atoms with E-state index in [-0.39, 0.29) is 6.04 Å². The van der Waals surface area contributed by atoms with Gasteiger partial charge in [-0.3, -0.25) is 0 Å². The number of ether oxygens (including phenoxy) is 1. The molecule has 0 aliphatic heterocycles. The van der Waals surface area contributed by atoms with E-state index in [2.05, 4.69) is 26.0 Å². The Labute approximate surface area is 111 Å². The number of benzene rings is 1. The van der Waals surface area contributed by atoms with Crippen molar-refractivity contribution in [1.82, 2.24) is 0 Å². The van der Waals surface area contributed by atoms with Crippen molar-refractivity contribution in [3.05, 3.63) is 29.8 Å². The first-order valence-corrected chi connectivity index (χ1v) is 7.06. The predicted octanol–water partition coefficient (Wildman–Crippen LogP) is 3.91. The normalized spacial score (nSPS) is 29.9. The minimum absolute atomic E-state index is 0.0674. The lowest BCUT2D eigenvalue weighted by atomic mass is 9.82. The molecule has 1 fully saturated rings. The molecule has 1 saturated carbocycles. The van der Waals surface area contributed by atoms with E-state index in [9.17, 15) is 0 Å². The van der Waals surface area contributed by atoms with Gasteiger partial charge in [-0.25, -0.2) is 0 Å². The van der Waals surface area contributed by atoms with Crippen LogP contribution in [0.2, 0.25) is 0 Å². The van der Waals surface area contributed by atoms with Crippen molar-refractivity contribution < 1.29 is 4.74 Å². The van der Waals surface area contributed by atoms with Crippen LogP contribution < -0.4 is 10.5 Å². The molecule has 1 aliphatic carbocycles. The van der Waals surface area contributed by atoms with E-state index in [1.54, 1.807) is 0 Å². The van der Waals surface area contributed by atoms with Crippen LogP contribution in [0.4, 0.5) is 0 Å². The lowest BCUT2D eigenvalue weighted by Crippen LogP contribution is -2.28. The summed E-state index contributed by atoms with van der Waals surface area (Å²) >= 11 is 0. The van der Waals surface area contributed by atoms with E-state index in [0.717, 1.165) is 23.1 Å². The first-order valence-electron chi connectivity index (χ1n) is 7.06. The van der Waals surface area contributed by atoms with Crippen molar-refractivity contribution in [2.75, 3.05) is 0 Å². The SMILES string of the molecule is CC1CC(C)CC(Oc2cccc([C@H](C)N)c2)C1. The summed E-state index contributed by atoms with van der Waals surface area (Å²) in [6, 6.07) is 8.27. The second kappa shape index (κ2) is 5.75. The van der Waals surface area contributed by atoms with Gasteiger partial charge in [0.2, 0.25) is 0 Å². The first-order chi connectivity index (χ1) is 8.54. The molecule has 2 rings (SSSR count). The van der Waals surface area contributed by atoms with Gasteiger partial charge in [-0.1, -0.05) is 26.0 Å². The standard InChI is InChI=1S/C16H25NO/c1-11-7-12(2)9-16(8-11)18-15-6-4-5-14(10-15)13(3)17/h4-6,10-13,16H,7-9,17H2,1-3H3/t11?,12?,13-,16?/m0/s1. The molecule has 2 N–H and O–H groups in total. The Morgan fingerprint density at radius 2 is 1.83 bits per heavy atom. The molecule has 0 amide bonds. The number of nitrogens with two attached hydrogens (primary N) is 1. The zero-order chi connectivity index (χ0) is 13.1. The fraction of sp³-hybridized carbons (Fsp3) is 0.625. The molecular weight excluding hydrogens is 222 g/mol. The van der Waals surface area contributed by atoms with E-state index in [1.165, 1.54) is 19.3 Å². The minimum atomic E-state index is 0.0674. The monoisotopic (exact) mass is 247 g/mol. The smallest absolute Gasteiger partial charge is 0.120 e. The number of hydrogen-bond donors (Lipinski definition) is 1. The van der Waals surface area contributed by atoms with E-state index < -0.39 is 0 Å². The maximum Gasteiger partial charge on any atom is 0.120 e. The van der Waals surface area contributed by atoms with Crippen LogP contribution in [0.5, 0.6) is 5.75 Å². The molecule has 2 heteroatoms. The van der Waals surface area contributed by atoms with Gasteiger partial charge in [-0.15, -0.1) is 0 Å². The summed E-state index contributed by atoms with van der Waals surface area (Å²) in [7, 11) is 0. The van der Waals surface area contributed by atoms with Crippen molar-refractivity contribution in [1.29, 1.82) is 0 Å². The molecule has 0 spiro atoms. The summed E-state index contributed by atoms with van der Waals surface area (Å²) in [5.74, 6) is 2.52. The molecule has 1 aliphatic rings. The maximum absolute atomic E-state index is 6.13. The van der Waals surface area contributed by atoms with Gasteiger partial charge in [-0.05, 0) is 55.7 Å². The lowest BCUT2D eigenvalue weighted by molar-refractivity contribution is 0.101. The van der Waals surface area contributed by atoms with Crippen LogP contribution in [0.1, 0.15) is 51.6 Å². The molecule has 100 valence electrons. The quantitative estimate of drug-likeness (QED) is 0.879. The van der Waals surface area contributed by atoms with Crippen molar-refractivity contribution in [3.63, 3.8) is 0 Å². The first kappa shape index (κ1) is 13.4. The third-order valence-corrected chi connectivity index (χ3v) is 3.82. The van der Waals surface area contributed by atoms with Crippen molar-refractivity contribution in [3.8, 4) is 5.75 Å². The van der Waals surface area contributed by atoms with Crippen LogP contribution >= 0.6 is 0 Å². The summed E-state index contributed by atoms with van der Waals surface area (Å²) in [5, 5.41) is 0. The fourth-order valence-electron chi connectivity index (χ4n) is 3.03. The van der Waals surface area contributed by atoms with Crippen LogP contribution in [0.3, 0.4) is 0 Å². The number of rotatable bonds is 3. The summed E-state index contributed by atoms with van der Waals surface area (Å²) in [5.41, 5.74) is 7.05. The minimum Gasteiger partial charge on any atom is -0.490 e. The molecule has 0 aromatic heterocycles. The number of hydrogen-bond acceptors (Lipinski definition) is 2. The molecule has 1 aromatic carbocycles. The highest BCUT2D eigenvalue weighted by atomic mass is 16.5. The second-order valence-corrected chi connectivity index (χ2v) is 6.02. The highest BCUT2D eigenvalue weighted by Gasteiger charge is 2.25. The van der Waals surface area contributed by atoms with Gasteiger partial charge < -0.3 is 10.5 Å². The second-order valence-electron chi connectivity index (χ2n) is 6.02. The third kappa shape index (κ3) is 3.49. The molecular formula is C16H25NO. The van der Waals surface area contributed by atoms with Crippen molar-refractivity contribution in [2.45, 2.75) is 52.2 Å². The molecule has 3 atom stereocenters. The van der Waals surface area contributed by atoms with E-state index in [4.69, 9.17) is 10.5 Å². The Morgan fingerprint density at radius 3 is 2.44 bits per heavy atom. The van der Waals surface area contributed by atoms with Gasteiger partial charge in [0.15, 0.2) is 0 Å². The van der Waals surface area contributed by atoms with E-state index >= 15 is 0 Å². The molecule has 0 radical (unpaired) electrons. The molecule has 18 heavy (non-hydrogen) atoms. The molecule has 0 saturated heterocycles. The van der Waals surface area contributed by atoms with E-state index in [0.29, 0.717) is 6.10 Å². The topological polar surface area (TPSA) is 35.2 Å². The molecule has 2 unspecified atom stereocenters. The average molecular weight is 247 g/mol. The summed E-state index contributed by atoms with van der Waals surface area (Å²) in [6.07, 6.45) is 4.05. The zero-order valence-electron chi connectivity index (χ0n) is 11.7. The molecule has 1 aromatic rings. The maximum atomic E-state index is 6.13. The highest BCUT2D eigenvalue weighted by molar-refractivity contribution is 5.30. The van der Waals surface area contributed by atoms with Crippen molar-refractivity contribution in [2.24, 2.45) is 17.6 Å². The fourth-order valence-corrected chi connectivity index (χ4v) is 3.03. The van der Waals surface area contributed by atoms with Crippen LogP contribution in [0.15, 0.2) is 24.3 Å². The Bertz CT molecular complexity index is 378. The Balaban J connectivity index is 2.02. The zero-order valence-corrected chi connectivity index (χ0v) is 11.7. The Hall–Kier alpha value is -1.02. The third-order valence-electron chi connectivity index (χ3n) is 3.82. The van der Waals surface area contributed by atoms with Crippen LogP contribution in [-0.4, -0.2) is 6.10 Å². The summed E-state index contributed by atoms with van der Waals surface area (Å²) in [4.78, 5) is 0. The van der Waals surface area contributed by atoms with E-state index in [1.807, 2.05) is 19.1 Å². The van der Waals surface area contributed by atoms with Crippen LogP contribution in [0.25, 0.3) is 0 Å².